The first-order chi connectivity index (χ1) is 9.61. The maximum Gasteiger partial charge on any atom is 0.371 e. The van der Waals surface area contributed by atoms with Crippen molar-refractivity contribution in [3.63, 3.8) is 0 Å². The van der Waals surface area contributed by atoms with Crippen molar-refractivity contribution in [2.24, 2.45) is 0 Å². The zero-order chi connectivity index (χ0) is 14.1. The van der Waals surface area contributed by atoms with Gasteiger partial charge in [-0.25, -0.2) is 4.79 Å². The Hall–Kier alpha value is -1.88. The molecule has 1 aromatic carbocycles. The summed E-state index contributed by atoms with van der Waals surface area (Å²) in [5.74, 6) is 0.614. The normalized spacial score (nSPS) is 16.8. The van der Waals surface area contributed by atoms with Gasteiger partial charge in [0.25, 0.3) is 0 Å². The molecule has 1 aliphatic rings. The van der Waals surface area contributed by atoms with Crippen LogP contribution < -0.4 is 4.74 Å². The van der Waals surface area contributed by atoms with E-state index in [-0.39, 0.29) is 11.9 Å². The number of rotatable bonds is 4. The average Bonchev–Trinajstić information content (AvgIpc) is 3.01. The summed E-state index contributed by atoms with van der Waals surface area (Å²) >= 11 is 1.48. The number of hydrogen-bond donors (Lipinski definition) is 1. The zero-order valence-electron chi connectivity index (χ0n) is 11.0. The van der Waals surface area contributed by atoms with Crippen molar-refractivity contribution < 1.29 is 19.1 Å². The number of carboxylic acids is 1. The lowest BCUT2D eigenvalue weighted by Gasteiger charge is -2.08. The summed E-state index contributed by atoms with van der Waals surface area (Å²) in [5.41, 5.74) is 2.47. The highest BCUT2D eigenvalue weighted by atomic mass is 32.2. The minimum Gasteiger partial charge on any atom is -0.489 e. The molecule has 3 rings (SSSR count). The summed E-state index contributed by atoms with van der Waals surface area (Å²) in [6.45, 7) is 2.07. The van der Waals surface area contributed by atoms with Gasteiger partial charge >= 0.3 is 5.97 Å². The van der Waals surface area contributed by atoms with E-state index in [0.29, 0.717) is 5.09 Å². The predicted octanol–water partition coefficient (Wildman–Crippen LogP) is 3.38. The van der Waals surface area contributed by atoms with Crippen molar-refractivity contribution in [1.29, 1.82) is 0 Å². The molecule has 1 aliphatic heterocycles. The summed E-state index contributed by atoms with van der Waals surface area (Å²) in [6.07, 6.45) is 0.992. The second-order valence-electron chi connectivity index (χ2n) is 4.79. The minimum atomic E-state index is -1.04. The van der Waals surface area contributed by atoms with Crippen LogP contribution in [0.3, 0.4) is 0 Å². The molecule has 1 atom stereocenters. The minimum absolute atomic E-state index is 0.0289. The van der Waals surface area contributed by atoms with Crippen LogP contribution in [0.2, 0.25) is 0 Å². The Kier molecular flexibility index (Phi) is 3.44. The number of thioether (sulfide) groups is 1. The summed E-state index contributed by atoms with van der Waals surface area (Å²) in [5, 5.41) is 9.40. The molecule has 0 aliphatic carbocycles. The number of aryl methyl sites for hydroxylation is 1. The van der Waals surface area contributed by atoms with Gasteiger partial charge in [-0.05, 0) is 30.7 Å². The SMILES string of the molecule is Cc1ccc2c(c1)CC(CSc1ccc(C(=O)O)o1)O2. The van der Waals surface area contributed by atoms with Gasteiger partial charge in [-0.2, -0.15) is 0 Å². The molecule has 0 amide bonds. The molecule has 0 fully saturated rings. The number of hydrogen-bond acceptors (Lipinski definition) is 4. The first-order valence-corrected chi connectivity index (χ1v) is 7.32. The molecule has 0 spiro atoms. The smallest absolute Gasteiger partial charge is 0.371 e. The Bertz CT molecular complexity index is 647. The van der Waals surface area contributed by atoms with E-state index in [1.165, 1.54) is 29.0 Å². The van der Waals surface area contributed by atoms with Crippen LogP contribution in [0.1, 0.15) is 21.7 Å². The number of aromatic carboxylic acids is 1. The average molecular weight is 290 g/mol. The van der Waals surface area contributed by atoms with Crippen LogP contribution in [0, 0.1) is 6.92 Å². The molecule has 0 saturated heterocycles. The molecular formula is C15H14O4S. The molecule has 4 nitrogen and oxygen atoms in total. The van der Waals surface area contributed by atoms with Crippen molar-refractivity contribution >= 4 is 17.7 Å². The van der Waals surface area contributed by atoms with Gasteiger partial charge in [0, 0.05) is 12.2 Å². The Labute approximate surface area is 120 Å². The Morgan fingerprint density at radius 2 is 2.25 bits per heavy atom. The third kappa shape index (κ3) is 2.67. The quantitative estimate of drug-likeness (QED) is 0.875. The topological polar surface area (TPSA) is 59.7 Å². The molecule has 0 bridgehead atoms. The van der Waals surface area contributed by atoms with E-state index in [2.05, 4.69) is 13.0 Å². The van der Waals surface area contributed by atoms with E-state index < -0.39 is 5.97 Å². The van der Waals surface area contributed by atoms with Gasteiger partial charge in [-0.1, -0.05) is 29.5 Å². The fourth-order valence-electron chi connectivity index (χ4n) is 2.23. The van der Waals surface area contributed by atoms with Crippen LogP contribution in [0.5, 0.6) is 5.75 Å². The fourth-order valence-corrected chi connectivity index (χ4v) is 3.08. The molecule has 0 saturated carbocycles. The molecule has 20 heavy (non-hydrogen) atoms. The molecule has 1 aromatic heterocycles. The Morgan fingerprint density at radius 3 is 3.00 bits per heavy atom. The lowest BCUT2D eigenvalue weighted by molar-refractivity contribution is 0.0656. The Morgan fingerprint density at radius 1 is 1.40 bits per heavy atom. The van der Waals surface area contributed by atoms with Crippen molar-refractivity contribution in [2.45, 2.75) is 24.5 Å². The number of fused-ring (bicyclic) bond motifs is 1. The van der Waals surface area contributed by atoms with E-state index in [1.54, 1.807) is 6.07 Å². The first-order valence-electron chi connectivity index (χ1n) is 6.34. The monoisotopic (exact) mass is 290 g/mol. The van der Waals surface area contributed by atoms with Crippen molar-refractivity contribution in [3.8, 4) is 5.75 Å². The number of furan rings is 1. The highest BCUT2D eigenvalue weighted by molar-refractivity contribution is 7.99. The van der Waals surface area contributed by atoms with Crippen molar-refractivity contribution in [3.05, 3.63) is 47.2 Å². The van der Waals surface area contributed by atoms with Crippen LogP contribution in [0.4, 0.5) is 0 Å². The highest BCUT2D eigenvalue weighted by Gasteiger charge is 2.23. The van der Waals surface area contributed by atoms with E-state index in [4.69, 9.17) is 14.3 Å². The van der Waals surface area contributed by atoms with E-state index in [0.717, 1.165) is 17.9 Å². The standard InChI is InChI=1S/C15H14O4S/c1-9-2-3-12-10(6-9)7-11(18-12)8-20-14-5-4-13(19-14)15(16)17/h2-6,11H,7-8H2,1H3,(H,16,17). The van der Waals surface area contributed by atoms with Crippen LogP contribution in [-0.2, 0) is 6.42 Å². The van der Waals surface area contributed by atoms with Gasteiger partial charge in [0.2, 0.25) is 5.76 Å². The van der Waals surface area contributed by atoms with Gasteiger partial charge in [0.15, 0.2) is 5.09 Å². The zero-order valence-corrected chi connectivity index (χ0v) is 11.8. The summed E-state index contributed by atoms with van der Waals surface area (Å²) in [7, 11) is 0. The third-order valence-electron chi connectivity index (χ3n) is 3.16. The predicted molar refractivity (Wildman–Crippen MR) is 75.7 cm³/mol. The number of ether oxygens (including phenoxy) is 1. The van der Waals surface area contributed by atoms with Gasteiger partial charge in [0.1, 0.15) is 11.9 Å². The van der Waals surface area contributed by atoms with Crippen LogP contribution in [0.25, 0.3) is 0 Å². The van der Waals surface area contributed by atoms with Crippen LogP contribution in [-0.4, -0.2) is 22.9 Å². The summed E-state index contributed by atoms with van der Waals surface area (Å²) in [4.78, 5) is 10.7. The van der Waals surface area contributed by atoms with E-state index in [9.17, 15) is 4.79 Å². The first kappa shape index (κ1) is 13.1. The molecular weight excluding hydrogens is 276 g/mol. The number of carboxylic acid groups (broad SMARTS) is 1. The molecule has 2 aromatic rings. The molecule has 5 heteroatoms. The lowest BCUT2D eigenvalue weighted by atomic mass is 10.1. The second kappa shape index (κ2) is 5.25. The fraction of sp³-hybridized carbons (Fsp3) is 0.267. The molecule has 1 unspecified atom stereocenters. The maximum absolute atomic E-state index is 10.7. The summed E-state index contributed by atoms with van der Waals surface area (Å²) < 4.78 is 11.1. The van der Waals surface area contributed by atoms with Gasteiger partial charge < -0.3 is 14.3 Å². The third-order valence-corrected chi connectivity index (χ3v) is 4.20. The van der Waals surface area contributed by atoms with Gasteiger partial charge in [-0.3, -0.25) is 0 Å². The number of benzene rings is 1. The van der Waals surface area contributed by atoms with Crippen molar-refractivity contribution in [1.82, 2.24) is 0 Å². The lowest BCUT2D eigenvalue weighted by Crippen LogP contribution is -2.15. The Balaban J connectivity index is 1.59. The number of carbonyl (C=O) groups is 1. The van der Waals surface area contributed by atoms with Gasteiger partial charge in [-0.15, -0.1) is 0 Å². The molecule has 0 radical (unpaired) electrons. The molecule has 1 N–H and O–H groups in total. The second-order valence-corrected chi connectivity index (χ2v) is 5.81. The van der Waals surface area contributed by atoms with Crippen LogP contribution >= 0.6 is 11.8 Å². The van der Waals surface area contributed by atoms with Crippen molar-refractivity contribution in [2.75, 3.05) is 5.75 Å². The van der Waals surface area contributed by atoms with Gasteiger partial charge in [0.05, 0.1) is 0 Å². The molecule has 2 heterocycles. The maximum atomic E-state index is 10.7. The van der Waals surface area contributed by atoms with Crippen LogP contribution in [0.15, 0.2) is 39.8 Å². The van der Waals surface area contributed by atoms with E-state index >= 15 is 0 Å². The van der Waals surface area contributed by atoms with E-state index in [1.807, 2.05) is 12.1 Å². The largest absolute Gasteiger partial charge is 0.489 e. The highest BCUT2D eigenvalue weighted by Crippen LogP contribution is 2.32. The molecule has 104 valence electrons. The summed E-state index contributed by atoms with van der Waals surface area (Å²) in [6, 6.07) is 9.35.